The molecule has 0 bridgehead atoms. The third-order valence-corrected chi connectivity index (χ3v) is 3.88. The molecule has 22 heavy (non-hydrogen) atoms. The van der Waals surface area contributed by atoms with Gasteiger partial charge >= 0.3 is 8.25 Å². The van der Waals surface area contributed by atoms with Crippen LogP contribution >= 0.6 is 8.25 Å². The van der Waals surface area contributed by atoms with Gasteiger partial charge in [0.05, 0.1) is 0 Å². The van der Waals surface area contributed by atoms with Crippen LogP contribution in [0, 0.1) is 0 Å². The molecule has 3 nitrogen and oxygen atoms in total. The largest absolute Gasteiger partial charge is 0.699 e. The second kappa shape index (κ2) is 8.40. The molecule has 0 N–H and O–H groups in total. The number of benzene rings is 2. The molecule has 0 radical (unpaired) electrons. The zero-order valence-corrected chi connectivity index (χ0v) is 13.1. The van der Waals surface area contributed by atoms with Crippen molar-refractivity contribution in [2.45, 2.75) is 12.2 Å². The zero-order valence-electron chi connectivity index (χ0n) is 12.2. The summed E-state index contributed by atoms with van der Waals surface area (Å²) in [5, 5.41) is 0. The molecular weight excluding hydrogens is 295 g/mol. The van der Waals surface area contributed by atoms with E-state index in [9.17, 15) is 4.57 Å². The predicted octanol–water partition coefficient (Wildman–Crippen LogP) is 5.53. The van der Waals surface area contributed by atoms with Crippen molar-refractivity contribution in [1.82, 2.24) is 0 Å². The van der Waals surface area contributed by atoms with Gasteiger partial charge in [0.15, 0.2) is 12.2 Å². The maximum absolute atomic E-state index is 12.1. The molecule has 0 saturated carbocycles. The fourth-order valence-electron chi connectivity index (χ4n) is 1.98. The van der Waals surface area contributed by atoms with Crippen LogP contribution in [0.15, 0.2) is 86.0 Å². The minimum absolute atomic E-state index is 0.481. The van der Waals surface area contributed by atoms with E-state index < -0.39 is 20.5 Å². The molecule has 2 aromatic carbocycles. The maximum atomic E-state index is 12.1. The molecular formula is C18H18O3P+. The lowest BCUT2D eigenvalue weighted by Crippen LogP contribution is -2.00. The van der Waals surface area contributed by atoms with Crippen molar-refractivity contribution >= 4 is 8.25 Å². The highest BCUT2D eigenvalue weighted by molar-refractivity contribution is 7.33. The van der Waals surface area contributed by atoms with E-state index in [1.165, 1.54) is 0 Å². The van der Waals surface area contributed by atoms with Crippen LogP contribution in [-0.2, 0) is 13.6 Å². The lowest BCUT2D eigenvalue weighted by molar-refractivity contribution is 0.170. The zero-order chi connectivity index (χ0) is 15.8. The Kier molecular flexibility index (Phi) is 6.23. The second-order valence-electron chi connectivity index (χ2n) is 4.57. The fourth-order valence-corrected chi connectivity index (χ4v) is 2.81. The van der Waals surface area contributed by atoms with Gasteiger partial charge in [0.2, 0.25) is 0 Å². The van der Waals surface area contributed by atoms with E-state index >= 15 is 0 Å². The van der Waals surface area contributed by atoms with E-state index in [1.807, 2.05) is 60.7 Å². The normalized spacial score (nSPS) is 13.9. The van der Waals surface area contributed by atoms with Crippen molar-refractivity contribution < 1.29 is 13.6 Å². The number of hydrogen-bond acceptors (Lipinski definition) is 3. The third-order valence-electron chi connectivity index (χ3n) is 3.08. The van der Waals surface area contributed by atoms with Crippen LogP contribution in [0.25, 0.3) is 0 Å². The molecule has 0 aromatic heterocycles. The molecule has 0 saturated heterocycles. The van der Waals surface area contributed by atoms with E-state index in [-0.39, 0.29) is 0 Å². The monoisotopic (exact) mass is 313 g/mol. The molecule has 112 valence electrons. The Morgan fingerprint density at radius 1 is 0.773 bits per heavy atom. The molecule has 0 spiro atoms. The Hall–Kier alpha value is -2.06. The smallest absolute Gasteiger partial charge is 0.107 e. The molecule has 2 rings (SSSR count). The minimum atomic E-state index is -2.31. The molecule has 0 fully saturated rings. The summed E-state index contributed by atoms with van der Waals surface area (Å²) in [6.07, 6.45) is 2.23. The van der Waals surface area contributed by atoms with Crippen LogP contribution < -0.4 is 0 Å². The summed E-state index contributed by atoms with van der Waals surface area (Å²) in [6, 6.07) is 18.9. The summed E-state index contributed by atoms with van der Waals surface area (Å²) in [7, 11) is -2.31. The van der Waals surface area contributed by atoms with Crippen LogP contribution in [0.4, 0.5) is 0 Å². The van der Waals surface area contributed by atoms with Crippen LogP contribution in [-0.4, -0.2) is 0 Å². The van der Waals surface area contributed by atoms with Gasteiger partial charge in [-0.25, -0.2) is 0 Å². The number of hydrogen-bond donors (Lipinski definition) is 0. The van der Waals surface area contributed by atoms with Crippen LogP contribution in [0.2, 0.25) is 0 Å². The summed E-state index contributed by atoms with van der Waals surface area (Å²) in [6.45, 7) is 7.44. The Morgan fingerprint density at radius 3 is 1.45 bits per heavy atom. The molecule has 0 amide bonds. The minimum Gasteiger partial charge on any atom is -0.107 e. The fraction of sp³-hybridized carbons (Fsp3) is 0.111. The molecule has 2 atom stereocenters. The molecule has 2 aromatic rings. The van der Waals surface area contributed by atoms with Crippen molar-refractivity contribution in [3.8, 4) is 0 Å². The lowest BCUT2D eigenvalue weighted by Gasteiger charge is -2.08. The van der Waals surface area contributed by atoms with Gasteiger partial charge in [-0.05, 0) is 11.1 Å². The van der Waals surface area contributed by atoms with Crippen molar-refractivity contribution in [3.63, 3.8) is 0 Å². The maximum Gasteiger partial charge on any atom is 0.699 e. The summed E-state index contributed by atoms with van der Waals surface area (Å²) in [5.74, 6) is 0. The van der Waals surface area contributed by atoms with Gasteiger partial charge in [0.1, 0.15) is 0 Å². The number of rotatable bonds is 8. The first-order valence-electron chi connectivity index (χ1n) is 6.90. The van der Waals surface area contributed by atoms with Gasteiger partial charge in [0.25, 0.3) is 0 Å². The van der Waals surface area contributed by atoms with Gasteiger partial charge in [-0.3, -0.25) is 0 Å². The van der Waals surface area contributed by atoms with Crippen molar-refractivity contribution in [2.24, 2.45) is 0 Å². The molecule has 4 heteroatoms. The van der Waals surface area contributed by atoms with E-state index in [0.29, 0.717) is 0 Å². The molecule has 0 aliphatic carbocycles. The van der Waals surface area contributed by atoms with Gasteiger partial charge < -0.3 is 0 Å². The van der Waals surface area contributed by atoms with Crippen molar-refractivity contribution in [3.05, 3.63) is 97.1 Å². The van der Waals surface area contributed by atoms with Gasteiger partial charge in [-0.2, -0.15) is 0 Å². The average Bonchev–Trinajstić information content (AvgIpc) is 2.59. The Balaban J connectivity index is 2.02. The molecule has 2 unspecified atom stereocenters. The van der Waals surface area contributed by atoms with E-state index in [2.05, 4.69) is 13.2 Å². The molecule has 0 aliphatic rings. The van der Waals surface area contributed by atoms with Crippen molar-refractivity contribution in [2.75, 3.05) is 0 Å². The first kappa shape index (κ1) is 16.3. The average molecular weight is 313 g/mol. The highest BCUT2D eigenvalue weighted by Crippen LogP contribution is 2.38. The second-order valence-corrected chi connectivity index (χ2v) is 5.44. The summed E-state index contributed by atoms with van der Waals surface area (Å²) < 4.78 is 23.1. The Bertz CT molecular complexity index is 570. The first-order valence-corrected chi connectivity index (χ1v) is 8.00. The first-order chi connectivity index (χ1) is 10.7. The SMILES string of the molecule is C=CC(O[P+](=O)OC(C=C)c1ccccc1)c1ccccc1. The van der Waals surface area contributed by atoms with Gasteiger partial charge in [-0.1, -0.05) is 86.0 Å². The van der Waals surface area contributed by atoms with Crippen LogP contribution in [0.5, 0.6) is 0 Å². The topological polar surface area (TPSA) is 35.5 Å². The Morgan fingerprint density at radius 2 is 1.14 bits per heavy atom. The summed E-state index contributed by atoms with van der Waals surface area (Å²) in [5.41, 5.74) is 1.75. The molecule has 0 heterocycles. The standard InChI is InChI=1S/C18H18O3P/c1-3-17(15-11-7-5-8-12-15)20-22(19)21-18(4-2)16-13-9-6-10-14-16/h3-14,17-18H,1-2H2/q+1. The summed E-state index contributed by atoms with van der Waals surface area (Å²) in [4.78, 5) is 0. The lowest BCUT2D eigenvalue weighted by atomic mass is 10.1. The highest BCUT2D eigenvalue weighted by Gasteiger charge is 2.30. The molecule has 0 aliphatic heterocycles. The highest BCUT2D eigenvalue weighted by atomic mass is 31.1. The van der Waals surface area contributed by atoms with Crippen LogP contribution in [0.1, 0.15) is 23.3 Å². The Labute approximate surface area is 131 Å². The van der Waals surface area contributed by atoms with Crippen LogP contribution in [0.3, 0.4) is 0 Å². The van der Waals surface area contributed by atoms with E-state index in [0.717, 1.165) is 11.1 Å². The third kappa shape index (κ3) is 4.47. The van der Waals surface area contributed by atoms with Crippen molar-refractivity contribution in [1.29, 1.82) is 0 Å². The van der Waals surface area contributed by atoms with Gasteiger partial charge in [0, 0.05) is 4.57 Å². The van der Waals surface area contributed by atoms with Gasteiger partial charge in [-0.15, -0.1) is 9.05 Å². The summed E-state index contributed by atoms with van der Waals surface area (Å²) >= 11 is 0. The quantitative estimate of drug-likeness (QED) is 0.474. The van der Waals surface area contributed by atoms with E-state index in [4.69, 9.17) is 9.05 Å². The van der Waals surface area contributed by atoms with E-state index in [1.54, 1.807) is 12.2 Å². The predicted molar refractivity (Wildman–Crippen MR) is 88.5 cm³/mol.